The van der Waals surface area contributed by atoms with E-state index in [1.807, 2.05) is 12.3 Å². The minimum absolute atomic E-state index is 0.226. The van der Waals surface area contributed by atoms with Gasteiger partial charge in [-0.2, -0.15) is 0 Å². The molecule has 4 nitrogen and oxygen atoms in total. The fourth-order valence-electron chi connectivity index (χ4n) is 2.42. The fraction of sp³-hybridized carbons (Fsp3) is 0.667. The van der Waals surface area contributed by atoms with Crippen molar-refractivity contribution in [3.8, 4) is 0 Å². The van der Waals surface area contributed by atoms with Crippen LogP contribution in [0.2, 0.25) is 0 Å². The first-order chi connectivity index (χ1) is 9.33. The van der Waals surface area contributed by atoms with E-state index < -0.39 is 0 Å². The maximum absolute atomic E-state index is 9.18. The van der Waals surface area contributed by atoms with Crippen molar-refractivity contribution < 1.29 is 5.11 Å². The van der Waals surface area contributed by atoms with Crippen molar-refractivity contribution >= 4 is 5.69 Å². The summed E-state index contributed by atoms with van der Waals surface area (Å²) in [5, 5.41) is 12.6. The van der Waals surface area contributed by atoms with Crippen molar-refractivity contribution in [1.29, 1.82) is 0 Å². The van der Waals surface area contributed by atoms with Crippen LogP contribution in [0, 0.1) is 0 Å². The predicted octanol–water partition coefficient (Wildman–Crippen LogP) is 2.25. The maximum atomic E-state index is 9.18. The number of rotatable bonds is 8. The molecule has 4 heteroatoms. The molecule has 1 aromatic rings. The molecule has 1 aliphatic carbocycles. The van der Waals surface area contributed by atoms with Gasteiger partial charge >= 0.3 is 0 Å². The van der Waals surface area contributed by atoms with Crippen LogP contribution in [0.3, 0.4) is 0 Å². The number of aromatic nitrogens is 1. The van der Waals surface area contributed by atoms with Gasteiger partial charge in [0.15, 0.2) is 0 Å². The molecular weight excluding hydrogens is 238 g/mol. The summed E-state index contributed by atoms with van der Waals surface area (Å²) in [6.45, 7) is 4.97. The molecule has 106 valence electrons. The van der Waals surface area contributed by atoms with Crippen LogP contribution < -0.4 is 5.32 Å². The zero-order valence-electron chi connectivity index (χ0n) is 11.8. The van der Waals surface area contributed by atoms with Crippen molar-refractivity contribution in [3.63, 3.8) is 0 Å². The molecule has 1 heterocycles. The number of pyridine rings is 1. The highest BCUT2D eigenvalue weighted by Gasteiger charge is 2.24. The van der Waals surface area contributed by atoms with Crippen LogP contribution in [0.15, 0.2) is 18.3 Å². The first-order valence-electron chi connectivity index (χ1n) is 7.37. The van der Waals surface area contributed by atoms with E-state index in [-0.39, 0.29) is 6.61 Å². The van der Waals surface area contributed by atoms with E-state index in [2.05, 4.69) is 28.2 Å². The Morgan fingerprint density at radius 2 is 2.32 bits per heavy atom. The molecule has 0 saturated heterocycles. The molecule has 0 aromatic carbocycles. The summed E-state index contributed by atoms with van der Waals surface area (Å²) in [5.74, 6) is 0. The third-order valence-corrected chi connectivity index (χ3v) is 3.74. The van der Waals surface area contributed by atoms with E-state index >= 15 is 0 Å². The molecule has 1 fully saturated rings. The lowest BCUT2D eigenvalue weighted by Crippen LogP contribution is -2.41. The number of hydrogen-bond donors (Lipinski definition) is 2. The molecule has 0 amide bonds. The molecule has 19 heavy (non-hydrogen) atoms. The smallest absolute Gasteiger partial charge is 0.0564 e. The molecule has 0 atom stereocenters. The molecular formula is C15H25N3O. The van der Waals surface area contributed by atoms with E-state index in [1.165, 1.54) is 19.3 Å². The van der Waals surface area contributed by atoms with E-state index in [1.54, 1.807) is 0 Å². The number of anilines is 1. The second kappa shape index (κ2) is 7.46. The van der Waals surface area contributed by atoms with Gasteiger partial charge in [-0.1, -0.05) is 13.3 Å². The Hall–Kier alpha value is -1.13. The van der Waals surface area contributed by atoms with Gasteiger partial charge < -0.3 is 10.4 Å². The largest absolute Gasteiger partial charge is 0.395 e. The second-order valence-electron chi connectivity index (χ2n) is 5.24. The number of aliphatic hydroxyl groups excluding tert-OH is 1. The van der Waals surface area contributed by atoms with Crippen LogP contribution in [0.25, 0.3) is 0 Å². The molecule has 2 N–H and O–H groups in total. The lowest BCUT2D eigenvalue weighted by molar-refractivity contribution is 0.0934. The number of aliphatic hydroxyl groups is 1. The summed E-state index contributed by atoms with van der Waals surface area (Å²) in [4.78, 5) is 6.80. The van der Waals surface area contributed by atoms with Crippen molar-refractivity contribution in [2.75, 3.05) is 25.0 Å². The Morgan fingerprint density at radius 3 is 2.95 bits per heavy atom. The highest BCUT2D eigenvalue weighted by Crippen LogP contribution is 2.25. The highest BCUT2D eigenvalue weighted by molar-refractivity contribution is 5.43. The highest BCUT2D eigenvalue weighted by atomic mass is 16.3. The summed E-state index contributed by atoms with van der Waals surface area (Å²) in [7, 11) is 0. The fourth-order valence-corrected chi connectivity index (χ4v) is 2.42. The third-order valence-electron chi connectivity index (χ3n) is 3.74. The number of hydrogen-bond acceptors (Lipinski definition) is 4. The Bertz CT molecular complexity index is 379. The third kappa shape index (κ3) is 4.18. The predicted molar refractivity (Wildman–Crippen MR) is 78.2 cm³/mol. The zero-order chi connectivity index (χ0) is 13.5. The SMILES string of the molecule is CCCNc1ccnc(CN(CCO)C2CCC2)c1. The Labute approximate surface area is 115 Å². The average molecular weight is 263 g/mol. The molecule has 0 spiro atoms. The van der Waals surface area contributed by atoms with Gasteiger partial charge in [-0.05, 0) is 31.4 Å². The van der Waals surface area contributed by atoms with Gasteiger partial charge in [0, 0.05) is 37.6 Å². The van der Waals surface area contributed by atoms with E-state index in [4.69, 9.17) is 0 Å². The lowest BCUT2D eigenvalue weighted by Gasteiger charge is -2.37. The number of nitrogens with zero attached hydrogens (tertiary/aromatic N) is 2. The minimum Gasteiger partial charge on any atom is -0.395 e. The Kier molecular flexibility index (Phi) is 5.61. The average Bonchev–Trinajstić information content (AvgIpc) is 2.35. The maximum Gasteiger partial charge on any atom is 0.0564 e. The molecule has 1 saturated carbocycles. The molecule has 2 rings (SSSR count). The van der Waals surface area contributed by atoms with Crippen LogP contribution in [0.4, 0.5) is 5.69 Å². The monoisotopic (exact) mass is 263 g/mol. The summed E-state index contributed by atoms with van der Waals surface area (Å²) >= 11 is 0. The van der Waals surface area contributed by atoms with Crippen LogP contribution >= 0.6 is 0 Å². The molecule has 1 aromatic heterocycles. The quantitative estimate of drug-likeness (QED) is 0.755. The summed E-state index contributed by atoms with van der Waals surface area (Å²) in [5.41, 5.74) is 2.23. The molecule has 0 bridgehead atoms. The van der Waals surface area contributed by atoms with Gasteiger partial charge in [-0.3, -0.25) is 9.88 Å². The van der Waals surface area contributed by atoms with Crippen LogP contribution in [-0.4, -0.2) is 40.7 Å². The topological polar surface area (TPSA) is 48.4 Å². The van der Waals surface area contributed by atoms with Crippen molar-refractivity contribution in [2.24, 2.45) is 0 Å². The van der Waals surface area contributed by atoms with E-state index in [9.17, 15) is 5.11 Å². The molecule has 0 unspecified atom stereocenters. The summed E-state index contributed by atoms with van der Waals surface area (Å²) < 4.78 is 0. The normalized spacial score (nSPS) is 15.5. The molecule has 0 radical (unpaired) electrons. The van der Waals surface area contributed by atoms with Crippen molar-refractivity contribution in [3.05, 3.63) is 24.0 Å². The van der Waals surface area contributed by atoms with Crippen LogP contribution in [0.1, 0.15) is 38.3 Å². The second-order valence-corrected chi connectivity index (χ2v) is 5.24. The summed E-state index contributed by atoms with van der Waals surface area (Å²) in [6.07, 6.45) is 6.82. The molecule has 1 aliphatic rings. The summed E-state index contributed by atoms with van der Waals surface area (Å²) in [6, 6.07) is 4.78. The van der Waals surface area contributed by atoms with Gasteiger partial charge in [0.25, 0.3) is 0 Å². The lowest BCUT2D eigenvalue weighted by atomic mass is 9.91. The van der Waals surface area contributed by atoms with Gasteiger partial charge in [0.05, 0.1) is 12.3 Å². The van der Waals surface area contributed by atoms with Crippen molar-refractivity contribution in [1.82, 2.24) is 9.88 Å². The Morgan fingerprint density at radius 1 is 1.47 bits per heavy atom. The van der Waals surface area contributed by atoms with E-state index in [0.717, 1.165) is 37.4 Å². The first-order valence-corrected chi connectivity index (χ1v) is 7.37. The molecule has 0 aliphatic heterocycles. The van der Waals surface area contributed by atoms with Gasteiger partial charge in [0.2, 0.25) is 0 Å². The van der Waals surface area contributed by atoms with E-state index in [0.29, 0.717) is 6.04 Å². The van der Waals surface area contributed by atoms with Crippen LogP contribution in [-0.2, 0) is 6.54 Å². The zero-order valence-corrected chi connectivity index (χ0v) is 11.8. The number of nitrogens with one attached hydrogen (secondary N) is 1. The van der Waals surface area contributed by atoms with Gasteiger partial charge in [-0.25, -0.2) is 0 Å². The van der Waals surface area contributed by atoms with Gasteiger partial charge in [-0.15, -0.1) is 0 Å². The minimum atomic E-state index is 0.226. The van der Waals surface area contributed by atoms with Crippen LogP contribution in [0.5, 0.6) is 0 Å². The standard InChI is InChI=1S/C15H25N3O/c1-2-7-16-13-6-8-17-14(11-13)12-18(9-10-19)15-4-3-5-15/h6,8,11,15,19H,2-5,7,9-10,12H2,1H3,(H,16,17). The first kappa shape index (κ1) is 14.3. The van der Waals surface area contributed by atoms with Gasteiger partial charge in [0.1, 0.15) is 0 Å². The Balaban J connectivity index is 1.95. The van der Waals surface area contributed by atoms with Crippen molar-refractivity contribution in [2.45, 2.75) is 45.2 Å².